The van der Waals surface area contributed by atoms with E-state index in [1.54, 1.807) is 24.3 Å². The zero-order valence-electron chi connectivity index (χ0n) is 17.2. The highest BCUT2D eigenvalue weighted by molar-refractivity contribution is 6.25. The summed E-state index contributed by atoms with van der Waals surface area (Å²) in [5.41, 5.74) is 1.73. The predicted molar refractivity (Wildman–Crippen MR) is 120 cm³/mol. The molecule has 0 aliphatic carbocycles. The molecule has 158 valence electrons. The molecule has 3 heterocycles. The number of nitrogens with zero attached hydrogens (tertiary/aromatic N) is 1. The van der Waals surface area contributed by atoms with Gasteiger partial charge in [0, 0.05) is 17.3 Å². The minimum absolute atomic E-state index is 0.256. The van der Waals surface area contributed by atoms with E-state index in [-0.39, 0.29) is 23.8 Å². The van der Waals surface area contributed by atoms with Crippen LogP contribution in [-0.2, 0) is 26.3 Å². The molecule has 2 saturated heterocycles. The summed E-state index contributed by atoms with van der Waals surface area (Å²) in [5, 5.41) is 6.41. The number of anilines is 2. The lowest BCUT2D eigenvalue weighted by Crippen LogP contribution is -2.53. The lowest BCUT2D eigenvalue weighted by Gasteiger charge is -2.29. The van der Waals surface area contributed by atoms with Crippen LogP contribution < -0.4 is 15.5 Å². The number of amides is 3. The van der Waals surface area contributed by atoms with Crippen LogP contribution in [0, 0.1) is 11.8 Å². The van der Waals surface area contributed by atoms with Gasteiger partial charge in [0.2, 0.25) is 17.7 Å². The van der Waals surface area contributed by atoms with Crippen molar-refractivity contribution in [3.8, 4) is 0 Å². The van der Waals surface area contributed by atoms with Crippen LogP contribution in [0.5, 0.6) is 0 Å². The SMILES string of the molecule is O=C1C2C(Cc3ccccc3)NC3(C(=O)Nc4ccccc43)C2C(=O)N1c1ccccc1. The summed E-state index contributed by atoms with van der Waals surface area (Å²) in [6, 6.07) is 25.9. The maximum atomic E-state index is 13.8. The Kier molecular flexibility index (Phi) is 4.07. The zero-order valence-corrected chi connectivity index (χ0v) is 17.2. The molecule has 32 heavy (non-hydrogen) atoms. The molecule has 3 amide bonds. The molecule has 4 unspecified atom stereocenters. The molecule has 0 aromatic heterocycles. The molecule has 2 fully saturated rings. The average Bonchev–Trinajstić information content (AvgIpc) is 3.39. The van der Waals surface area contributed by atoms with E-state index in [9.17, 15) is 14.4 Å². The largest absolute Gasteiger partial charge is 0.324 e. The molecule has 6 nitrogen and oxygen atoms in total. The fourth-order valence-electron chi connectivity index (χ4n) is 5.63. The van der Waals surface area contributed by atoms with Crippen molar-refractivity contribution in [3.63, 3.8) is 0 Å². The molecule has 4 atom stereocenters. The first-order valence-corrected chi connectivity index (χ1v) is 10.8. The van der Waals surface area contributed by atoms with Gasteiger partial charge in [-0.05, 0) is 30.2 Å². The third-order valence-electron chi connectivity index (χ3n) is 6.94. The van der Waals surface area contributed by atoms with Gasteiger partial charge in [-0.3, -0.25) is 19.7 Å². The van der Waals surface area contributed by atoms with Crippen LogP contribution in [0.3, 0.4) is 0 Å². The van der Waals surface area contributed by atoms with Gasteiger partial charge in [-0.1, -0.05) is 66.7 Å². The van der Waals surface area contributed by atoms with E-state index >= 15 is 0 Å². The van der Waals surface area contributed by atoms with Gasteiger partial charge in [-0.15, -0.1) is 0 Å². The number of nitrogens with one attached hydrogen (secondary N) is 2. The molecule has 6 heteroatoms. The Hall–Kier alpha value is -3.77. The van der Waals surface area contributed by atoms with E-state index < -0.39 is 17.4 Å². The summed E-state index contributed by atoms with van der Waals surface area (Å²) in [6.45, 7) is 0. The van der Waals surface area contributed by atoms with Crippen molar-refractivity contribution in [1.82, 2.24) is 5.32 Å². The minimum Gasteiger partial charge on any atom is -0.324 e. The Morgan fingerprint density at radius 2 is 1.44 bits per heavy atom. The summed E-state index contributed by atoms with van der Waals surface area (Å²) in [4.78, 5) is 42.2. The van der Waals surface area contributed by atoms with Gasteiger partial charge >= 0.3 is 0 Å². The summed E-state index contributed by atoms with van der Waals surface area (Å²) in [6.07, 6.45) is 0.543. The quantitative estimate of drug-likeness (QED) is 0.635. The molecule has 2 N–H and O–H groups in total. The topological polar surface area (TPSA) is 78.5 Å². The van der Waals surface area contributed by atoms with Crippen molar-refractivity contribution in [1.29, 1.82) is 0 Å². The molecular formula is C26H21N3O3. The predicted octanol–water partition coefficient (Wildman–Crippen LogP) is 2.85. The molecule has 0 saturated carbocycles. The number of hydrogen-bond donors (Lipinski definition) is 2. The standard InChI is InChI=1S/C26H21N3O3/c30-23-21-20(15-16-9-3-1-4-10-16)28-26(18-13-7-8-14-19(18)27-25(26)32)22(21)24(31)29(23)17-11-5-2-6-12-17/h1-14,20-22,28H,15H2,(H,27,32). The van der Waals surface area contributed by atoms with Crippen LogP contribution >= 0.6 is 0 Å². The van der Waals surface area contributed by atoms with Crippen molar-refractivity contribution < 1.29 is 14.4 Å². The van der Waals surface area contributed by atoms with E-state index in [1.807, 2.05) is 60.7 Å². The van der Waals surface area contributed by atoms with E-state index in [2.05, 4.69) is 10.6 Å². The van der Waals surface area contributed by atoms with Gasteiger partial charge < -0.3 is 5.32 Å². The first kappa shape index (κ1) is 19.0. The molecule has 0 bridgehead atoms. The Morgan fingerprint density at radius 1 is 0.781 bits per heavy atom. The van der Waals surface area contributed by atoms with Crippen molar-refractivity contribution in [2.24, 2.45) is 11.8 Å². The molecule has 3 aromatic carbocycles. The Labute approximate surface area is 185 Å². The molecular weight excluding hydrogens is 402 g/mol. The normalized spacial score (nSPS) is 28.2. The number of benzene rings is 3. The number of rotatable bonds is 3. The second-order valence-electron chi connectivity index (χ2n) is 8.60. The van der Waals surface area contributed by atoms with Gasteiger partial charge in [0.15, 0.2) is 0 Å². The second kappa shape index (κ2) is 6.87. The van der Waals surface area contributed by atoms with Crippen LogP contribution in [0.15, 0.2) is 84.9 Å². The number of carbonyl (C=O) groups is 3. The van der Waals surface area contributed by atoms with Crippen molar-refractivity contribution >= 4 is 29.1 Å². The first-order chi connectivity index (χ1) is 15.6. The summed E-state index contributed by atoms with van der Waals surface area (Å²) >= 11 is 0. The number of carbonyl (C=O) groups excluding carboxylic acids is 3. The molecule has 3 aliphatic rings. The zero-order chi connectivity index (χ0) is 21.9. The Morgan fingerprint density at radius 3 is 2.19 bits per heavy atom. The number of imide groups is 1. The van der Waals surface area contributed by atoms with Crippen molar-refractivity contribution in [3.05, 3.63) is 96.1 Å². The highest BCUT2D eigenvalue weighted by Crippen LogP contribution is 2.53. The van der Waals surface area contributed by atoms with Crippen LogP contribution in [0.2, 0.25) is 0 Å². The smallest absolute Gasteiger partial charge is 0.250 e. The second-order valence-corrected chi connectivity index (χ2v) is 8.60. The number of fused-ring (bicyclic) bond motifs is 4. The van der Waals surface area contributed by atoms with Crippen LogP contribution in [0.25, 0.3) is 0 Å². The highest BCUT2D eigenvalue weighted by Gasteiger charge is 2.70. The van der Waals surface area contributed by atoms with Crippen LogP contribution in [-0.4, -0.2) is 23.8 Å². The van der Waals surface area contributed by atoms with Gasteiger partial charge in [-0.25, -0.2) is 4.90 Å². The van der Waals surface area contributed by atoms with Crippen LogP contribution in [0.4, 0.5) is 11.4 Å². The van der Waals surface area contributed by atoms with Crippen LogP contribution in [0.1, 0.15) is 11.1 Å². The maximum Gasteiger partial charge on any atom is 0.250 e. The molecule has 6 rings (SSSR count). The van der Waals surface area contributed by atoms with E-state index in [0.717, 1.165) is 11.1 Å². The van der Waals surface area contributed by atoms with Gasteiger partial charge in [-0.2, -0.15) is 0 Å². The highest BCUT2D eigenvalue weighted by atomic mass is 16.2. The third kappa shape index (κ3) is 2.47. The van der Waals surface area contributed by atoms with E-state index in [0.29, 0.717) is 17.8 Å². The minimum atomic E-state index is -1.27. The monoisotopic (exact) mass is 423 g/mol. The molecule has 3 aliphatic heterocycles. The molecule has 3 aromatic rings. The van der Waals surface area contributed by atoms with Gasteiger partial charge in [0.25, 0.3) is 0 Å². The Balaban J connectivity index is 1.50. The molecule has 1 spiro atoms. The average molecular weight is 423 g/mol. The Bertz CT molecular complexity index is 1240. The fraction of sp³-hybridized carbons (Fsp3) is 0.192. The lowest BCUT2D eigenvalue weighted by atomic mass is 9.76. The van der Waals surface area contributed by atoms with Gasteiger partial charge in [0.1, 0.15) is 5.54 Å². The van der Waals surface area contributed by atoms with E-state index in [1.165, 1.54) is 4.90 Å². The van der Waals surface area contributed by atoms with Crippen molar-refractivity contribution in [2.75, 3.05) is 10.2 Å². The fourth-order valence-corrected chi connectivity index (χ4v) is 5.63. The maximum absolute atomic E-state index is 13.8. The summed E-state index contributed by atoms with van der Waals surface area (Å²) < 4.78 is 0. The molecule has 0 radical (unpaired) electrons. The van der Waals surface area contributed by atoms with Crippen molar-refractivity contribution in [2.45, 2.75) is 18.0 Å². The lowest BCUT2D eigenvalue weighted by molar-refractivity contribution is -0.130. The summed E-state index contributed by atoms with van der Waals surface area (Å²) in [5.74, 6) is -2.32. The van der Waals surface area contributed by atoms with Gasteiger partial charge in [0.05, 0.1) is 17.5 Å². The first-order valence-electron chi connectivity index (χ1n) is 10.8. The number of hydrogen-bond acceptors (Lipinski definition) is 4. The summed E-state index contributed by atoms with van der Waals surface area (Å²) in [7, 11) is 0. The van der Waals surface area contributed by atoms with E-state index in [4.69, 9.17) is 0 Å². The third-order valence-corrected chi connectivity index (χ3v) is 6.94. The number of para-hydroxylation sites is 2.